The van der Waals surface area contributed by atoms with Crippen LogP contribution in [0.15, 0.2) is 71.6 Å². The molecule has 4 rings (SSSR count). The largest absolute Gasteiger partial charge is 0.495 e. The number of anilines is 3. The molecule has 0 radical (unpaired) electrons. The van der Waals surface area contributed by atoms with Gasteiger partial charge in [-0.15, -0.1) is 0 Å². The highest BCUT2D eigenvalue weighted by Gasteiger charge is 2.25. The number of hydrogen-bond donors (Lipinski definition) is 2. The number of methoxy groups -OCH3 is 1. The van der Waals surface area contributed by atoms with Crippen molar-refractivity contribution in [1.29, 1.82) is 0 Å². The molecular formula is C24H22ClN3O5S. The number of sulfonamides is 1. The molecule has 3 aromatic carbocycles. The highest BCUT2D eigenvalue weighted by atomic mass is 35.5. The van der Waals surface area contributed by atoms with E-state index in [0.717, 1.165) is 6.42 Å². The molecule has 0 atom stereocenters. The lowest BCUT2D eigenvalue weighted by molar-refractivity contribution is -0.117. The fraction of sp³-hybridized carbons (Fsp3) is 0.167. The van der Waals surface area contributed by atoms with Crippen LogP contribution >= 0.6 is 11.6 Å². The van der Waals surface area contributed by atoms with Crippen LogP contribution in [0.25, 0.3) is 0 Å². The Balaban J connectivity index is 1.59. The van der Waals surface area contributed by atoms with E-state index in [1.54, 1.807) is 35.2 Å². The third-order valence-electron chi connectivity index (χ3n) is 5.34. The van der Waals surface area contributed by atoms with E-state index in [4.69, 9.17) is 16.3 Å². The lowest BCUT2D eigenvalue weighted by Gasteiger charge is -2.20. The van der Waals surface area contributed by atoms with Gasteiger partial charge in [0.2, 0.25) is 5.91 Å². The summed E-state index contributed by atoms with van der Waals surface area (Å²) in [5.41, 5.74) is 1.27. The predicted octanol–water partition coefficient (Wildman–Crippen LogP) is 4.53. The molecule has 2 N–H and O–H groups in total. The molecule has 1 heterocycles. The summed E-state index contributed by atoms with van der Waals surface area (Å²) < 4.78 is 33.5. The topological polar surface area (TPSA) is 105 Å². The summed E-state index contributed by atoms with van der Waals surface area (Å²) in [5, 5.41) is 3.19. The Labute approximate surface area is 202 Å². The second kappa shape index (κ2) is 9.74. The lowest BCUT2D eigenvalue weighted by atomic mass is 10.1. The number of halogens is 1. The van der Waals surface area contributed by atoms with Crippen LogP contribution < -0.4 is 19.7 Å². The molecule has 1 aliphatic heterocycles. The van der Waals surface area contributed by atoms with Crippen molar-refractivity contribution in [3.63, 3.8) is 0 Å². The monoisotopic (exact) mass is 499 g/mol. The molecule has 2 amide bonds. The van der Waals surface area contributed by atoms with Crippen LogP contribution in [0.3, 0.4) is 0 Å². The van der Waals surface area contributed by atoms with E-state index in [-0.39, 0.29) is 22.1 Å². The van der Waals surface area contributed by atoms with Crippen molar-refractivity contribution >= 4 is 50.5 Å². The average molecular weight is 500 g/mol. The van der Waals surface area contributed by atoms with Gasteiger partial charge in [0.15, 0.2) is 0 Å². The summed E-state index contributed by atoms with van der Waals surface area (Å²) in [7, 11) is -2.43. The minimum Gasteiger partial charge on any atom is -0.495 e. The molecule has 0 bridgehead atoms. The summed E-state index contributed by atoms with van der Waals surface area (Å²) in [5.74, 6) is -0.00799. The van der Waals surface area contributed by atoms with Crippen LogP contribution in [0.4, 0.5) is 17.1 Å². The van der Waals surface area contributed by atoms with Crippen LogP contribution in [0.2, 0.25) is 5.02 Å². The molecule has 3 aromatic rings. The maximum Gasteiger partial charge on any atom is 0.261 e. The van der Waals surface area contributed by atoms with E-state index in [1.807, 2.05) is 0 Å². The highest BCUT2D eigenvalue weighted by molar-refractivity contribution is 7.92. The molecule has 8 nitrogen and oxygen atoms in total. The Morgan fingerprint density at radius 2 is 1.79 bits per heavy atom. The van der Waals surface area contributed by atoms with Crippen LogP contribution in [0, 0.1) is 0 Å². The maximum atomic E-state index is 13.1. The first-order chi connectivity index (χ1) is 16.3. The smallest absolute Gasteiger partial charge is 0.261 e. The van der Waals surface area contributed by atoms with Gasteiger partial charge in [0.05, 0.1) is 28.9 Å². The predicted molar refractivity (Wildman–Crippen MR) is 131 cm³/mol. The summed E-state index contributed by atoms with van der Waals surface area (Å²) in [6.45, 7) is 0.571. The molecule has 0 unspecified atom stereocenters. The molecule has 0 aliphatic carbocycles. The highest BCUT2D eigenvalue weighted by Crippen LogP contribution is 2.34. The van der Waals surface area contributed by atoms with Crippen LogP contribution in [0.1, 0.15) is 23.2 Å². The molecule has 176 valence electrons. The minimum atomic E-state index is -3.94. The fourth-order valence-electron chi connectivity index (χ4n) is 3.67. The van der Waals surface area contributed by atoms with Gasteiger partial charge in [-0.05, 0) is 61.0 Å². The molecule has 1 saturated heterocycles. The third-order valence-corrected chi connectivity index (χ3v) is 6.97. The van der Waals surface area contributed by atoms with E-state index in [9.17, 15) is 18.0 Å². The number of para-hydroxylation sites is 1. The van der Waals surface area contributed by atoms with E-state index in [0.29, 0.717) is 35.1 Å². The van der Waals surface area contributed by atoms with Gasteiger partial charge in [0, 0.05) is 23.7 Å². The fourth-order valence-corrected chi connectivity index (χ4v) is 4.87. The zero-order valence-electron chi connectivity index (χ0n) is 18.2. The molecule has 1 fully saturated rings. The van der Waals surface area contributed by atoms with Gasteiger partial charge in [0.25, 0.3) is 15.9 Å². The Bertz CT molecular complexity index is 1340. The Hall–Kier alpha value is -3.56. The standard InChI is InChI=1S/C24H22ClN3O5S/c1-33-22-13-10-17(15-21(22)28-14-4-7-23(28)29)26-24(30)19-5-2-3-6-20(19)27-34(31,32)18-11-8-16(25)9-12-18/h2-3,5-6,8-13,15,27H,4,7,14H2,1H3,(H,26,30). The number of ether oxygens (including phenoxy) is 1. The number of hydrogen-bond acceptors (Lipinski definition) is 5. The zero-order chi connectivity index (χ0) is 24.3. The van der Waals surface area contributed by atoms with Gasteiger partial charge in [-0.3, -0.25) is 14.3 Å². The normalized spacial score (nSPS) is 13.6. The van der Waals surface area contributed by atoms with Crippen LogP contribution in [-0.4, -0.2) is 33.9 Å². The van der Waals surface area contributed by atoms with Gasteiger partial charge in [-0.2, -0.15) is 0 Å². The molecule has 0 spiro atoms. The first-order valence-corrected chi connectivity index (χ1v) is 12.3. The first-order valence-electron chi connectivity index (χ1n) is 10.5. The molecule has 1 aliphatic rings. The number of nitrogens with zero attached hydrogens (tertiary/aromatic N) is 1. The molecule has 10 heteroatoms. The molecule has 0 aromatic heterocycles. The van der Waals surface area contributed by atoms with E-state index in [2.05, 4.69) is 10.0 Å². The Morgan fingerprint density at radius 3 is 2.47 bits per heavy atom. The second-order valence-corrected chi connectivity index (χ2v) is 9.71. The van der Waals surface area contributed by atoms with Gasteiger partial charge < -0.3 is 15.0 Å². The SMILES string of the molecule is COc1ccc(NC(=O)c2ccccc2NS(=O)(=O)c2ccc(Cl)cc2)cc1N1CCCC1=O. The zero-order valence-corrected chi connectivity index (χ0v) is 19.8. The number of nitrogens with one attached hydrogen (secondary N) is 2. The quantitative estimate of drug-likeness (QED) is 0.497. The van der Waals surface area contributed by atoms with E-state index in [1.165, 1.54) is 43.5 Å². The van der Waals surface area contributed by atoms with Crippen molar-refractivity contribution in [2.75, 3.05) is 28.6 Å². The molecule has 0 saturated carbocycles. The maximum absolute atomic E-state index is 13.1. The van der Waals surface area contributed by atoms with Gasteiger partial charge in [-0.25, -0.2) is 8.42 Å². The summed E-state index contributed by atoms with van der Waals surface area (Å²) in [6.07, 6.45) is 1.21. The second-order valence-electron chi connectivity index (χ2n) is 7.59. The van der Waals surface area contributed by atoms with Gasteiger partial charge >= 0.3 is 0 Å². The van der Waals surface area contributed by atoms with E-state index >= 15 is 0 Å². The average Bonchev–Trinajstić information content (AvgIpc) is 3.25. The minimum absolute atomic E-state index is 0.0104. The van der Waals surface area contributed by atoms with Crippen molar-refractivity contribution in [1.82, 2.24) is 0 Å². The van der Waals surface area contributed by atoms with Crippen LogP contribution in [-0.2, 0) is 14.8 Å². The van der Waals surface area contributed by atoms with Crippen molar-refractivity contribution < 1.29 is 22.7 Å². The first kappa shape index (κ1) is 23.6. The van der Waals surface area contributed by atoms with Crippen molar-refractivity contribution in [3.8, 4) is 5.75 Å². The summed E-state index contributed by atoms with van der Waals surface area (Å²) in [6, 6.07) is 17.0. The van der Waals surface area contributed by atoms with Crippen molar-refractivity contribution in [2.24, 2.45) is 0 Å². The van der Waals surface area contributed by atoms with Gasteiger partial charge in [0.1, 0.15) is 5.75 Å². The number of rotatable bonds is 7. The lowest BCUT2D eigenvalue weighted by Crippen LogP contribution is -2.24. The number of benzene rings is 3. The number of amides is 2. The Morgan fingerprint density at radius 1 is 1.06 bits per heavy atom. The molecular weight excluding hydrogens is 478 g/mol. The summed E-state index contributed by atoms with van der Waals surface area (Å²) >= 11 is 5.85. The van der Waals surface area contributed by atoms with Crippen molar-refractivity contribution in [3.05, 3.63) is 77.3 Å². The van der Waals surface area contributed by atoms with Crippen molar-refractivity contribution in [2.45, 2.75) is 17.7 Å². The third kappa shape index (κ3) is 5.00. The number of carbonyl (C=O) groups excluding carboxylic acids is 2. The Kier molecular flexibility index (Phi) is 6.76. The number of carbonyl (C=O) groups is 2. The molecule has 34 heavy (non-hydrogen) atoms. The van der Waals surface area contributed by atoms with E-state index < -0.39 is 15.9 Å². The van der Waals surface area contributed by atoms with Crippen LogP contribution in [0.5, 0.6) is 5.75 Å². The summed E-state index contributed by atoms with van der Waals surface area (Å²) in [4.78, 5) is 26.9. The van der Waals surface area contributed by atoms with Gasteiger partial charge in [-0.1, -0.05) is 23.7 Å².